The molecule has 1 aromatic carbocycles. The number of pyridine rings is 1. The first-order valence-electron chi connectivity index (χ1n) is 9.80. The molecular weight excluding hydrogens is 320 g/mol. The molecule has 134 valence electrons. The molecule has 26 heavy (non-hydrogen) atoms. The van der Waals surface area contributed by atoms with E-state index in [1.807, 2.05) is 0 Å². The third-order valence-electron chi connectivity index (χ3n) is 6.16. The van der Waals surface area contributed by atoms with E-state index >= 15 is 0 Å². The van der Waals surface area contributed by atoms with Crippen LogP contribution in [0.15, 0.2) is 30.3 Å². The minimum Gasteiger partial charge on any atom is -0.309 e. The number of nitrogens with zero attached hydrogens (tertiary/aromatic N) is 4. The van der Waals surface area contributed by atoms with Crippen molar-refractivity contribution in [1.29, 1.82) is 0 Å². The lowest BCUT2D eigenvalue weighted by Gasteiger charge is -2.32. The molecule has 0 fully saturated rings. The van der Waals surface area contributed by atoms with E-state index in [-0.39, 0.29) is 0 Å². The second-order valence-electron chi connectivity index (χ2n) is 7.97. The largest absolute Gasteiger partial charge is 0.309 e. The highest BCUT2D eigenvalue weighted by Gasteiger charge is 2.38. The van der Waals surface area contributed by atoms with E-state index in [9.17, 15) is 0 Å². The molecule has 2 bridgehead atoms. The third-order valence-corrected chi connectivity index (χ3v) is 6.16. The molecule has 0 amide bonds. The zero-order chi connectivity index (χ0) is 17.8. The minimum atomic E-state index is 0.397. The van der Waals surface area contributed by atoms with E-state index in [0.717, 1.165) is 38.0 Å². The van der Waals surface area contributed by atoms with Gasteiger partial charge >= 0.3 is 0 Å². The number of aromatic nitrogens is 3. The van der Waals surface area contributed by atoms with E-state index in [1.165, 1.54) is 33.5 Å². The van der Waals surface area contributed by atoms with Gasteiger partial charge in [-0.05, 0) is 69.6 Å². The molecule has 2 aromatic heterocycles. The van der Waals surface area contributed by atoms with Gasteiger partial charge in [-0.1, -0.05) is 24.3 Å². The maximum atomic E-state index is 5.10. The Morgan fingerprint density at radius 3 is 2.81 bits per heavy atom. The summed E-state index contributed by atoms with van der Waals surface area (Å²) in [6.07, 6.45) is 3.25. The number of rotatable bonds is 4. The Labute approximate surface area is 154 Å². The van der Waals surface area contributed by atoms with Crippen LogP contribution in [-0.4, -0.2) is 40.3 Å². The second kappa shape index (κ2) is 5.92. The molecule has 5 rings (SSSR count). The van der Waals surface area contributed by atoms with Gasteiger partial charge in [-0.15, -0.1) is 0 Å². The van der Waals surface area contributed by atoms with Crippen LogP contribution in [0.2, 0.25) is 0 Å². The van der Waals surface area contributed by atoms with Gasteiger partial charge in [-0.3, -0.25) is 0 Å². The quantitative estimate of drug-likeness (QED) is 0.722. The summed E-state index contributed by atoms with van der Waals surface area (Å²) in [5.41, 5.74) is 8.07. The van der Waals surface area contributed by atoms with Crippen molar-refractivity contribution in [2.24, 2.45) is 0 Å². The molecule has 4 nitrogen and oxygen atoms in total. The summed E-state index contributed by atoms with van der Waals surface area (Å²) in [7, 11) is 4.33. The van der Waals surface area contributed by atoms with Crippen LogP contribution in [0.4, 0.5) is 0 Å². The van der Waals surface area contributed by atoms with E-state index in [4.69, 9.17) is 10.1 Å². The van der Waals surface area contributed by atoms with Crippen molar-refractivity contribution < 1.29 is 0 Å². The molecule has 3 aromatic rings. The summed E-state index contributed by atoms with van der Waals surface area (Å²) in [5.74, 6) is 0.831. The predicted octanol–water partition coefficient (Wildman–Crippen LogP) is 3.73. The van der Waals surface area contributed by atoms with Crippen LogP contribution in [-0.2, 0) is 19.4 Å². The molecule has 2 unspecified atom stereocenters. The highest BCUT2D eigenvalue weighted by Crippen LogP contribution is 2.49. The maximum Gasteiger partial charge on any atom is 0.158 e. The number of benzene rings is 1. The minimum absolute atomic E-state index is 0.397. The van der Waals surface area contributed by atoms with Crippen molar-refractivity contribution in [2.75, 3.05) is 20.6 Å². The molecule has 2 atom stereocenters. The first-order valence-corrected chi connectivity index (χ1v) is 9.80. The highest BCUT2D eigenvalue weighted by molar-refractivity contribution is 5.83. The smallest absolute Gasteiger partial charge is 0.158 e. The van der Waals surface area contributed by atoms with Crippen LogP contribution >= 0.6 is 0 Å². The standard InChI is InChI=1S/C22H26N4/c1-4-26-22-18-13-17-19(23-22)10-9-14-7-5-6-8-15(14)20(17)16(21(18)24-26)11-12-25(2)3/h5-8,13,16,20H,4,9-12H2,1-3H3. The van der Waals surface area contributed by atoms with E-state index in [2.05, 4.69) is 60.9 Å². The lowest BCUT2D eigenvalue weighted by Crippen LogP contribution is -2.23. The Hall–Kier alpha value is -2.20. The highest BCUT2D eigenvalue weighted by atomic mass is 15.3. The van der Waals surface area contributed by atoms with Gasteiger partial charge in [-0.25, -0.2) is 9.67 Å². The maximum absolute atomic E-state index is 5.10. The average molecular weight is 346 g/mol. The fourth-order valence-corrected chi connectivity index (χ4v) is 4.91. The molecular formula is C22H26N4. The predicted molar refractivity (Wildman–Crippen MR) is 105 cm³/mol. The Balaban J connectivity index is 1.76. The van der Waals surface area contributed by atoms with Crippen LogP contribution in [0.5, 0.6) is 0 Å². The summed E-state index contributed by atoms with van der Waals surface area (Å²) in [6.45, 7) is 4.12. The van der Waals surface area contributed by atoms with Gasteiger partial charge in [0.25, 0.3) is 0 Å². The Morgan fingerprint density at radius 1 is 1.15 bits per heavy atom. The van der Waals surface area contributed by atoms with Crippen molar-refractivity contribution >= 4 is 11.0 Å². The molecule has 0 saturated heterocycles. The van der Waals surface area contributed by atoms with Crippen molar-refractivity contribution in [1.82, 2.24) is 19.7 Å². The van der Waals surface area contributed by atoms with Crippen LogP contribution in [0.1, 0.15) is 53.3 Å². The van der Waals surface area contributed by atoms with Gasteiger partial charge in [-0.2, -0.15) is 5.10 Å². The molecule has 2 aliphatic carbocycles. The molecule has 2 aliphatic rings. The lowest BCUT2D eigenvalue weighted by molar-refractivity contribution is 0.368. The average Bonchev–Trinajstić information content (AvgIpc) is 2.94. The fourth-order valence-electron chi connectivity index (χ4n) is 4.91. The summed E-state index contributed by atoms with van der Waals surface area (Å²) in [4.78, 5) is 7.39. The molecule has 0 saturated carbocycles. The monoisotopic (exact) mass is 346 g/mol. The van der Waals surface area contributed by atoms with Crippen LogP contribution in [0, 0.1) is 0 Å². The second-order valence-corrected chi connectivity index (χ2v) is 7.97. The van der Waals surface area contributed by atoms with Gasteiger partial charge in [0, 0.05) is 29.5 Å². The number of aryl methyl sites for hydroxylation is 3. The Bertz CT molecular complexity index is 985. The molecule has 2 heterocycles. The molecule has 4 heteroatoms. The van der Waals surface area contributed by atoms with Gasteiger partial charge < -0.3 is 4.90 Å². The van der Waals surface area contributed by atoms with E-state index in [1.54, 1.807) is 0 Å². The van der Waals surface area contributed by atoms with Gasteiger partial charge in [0.05, 0.1) is 5.69 Å². The summed E-state index contributed by atoms with van der Waals surface area (Å²) in [6, 6.07) is 11.4. The molecule has 0 N–H and O–H groups in total. The van der Waals surface area contributed by atoms with E-state index < -0.39 is 0 Å². The lowest BCUT2D eigenvalue weighted by atomic mass is 9.73. The first-order chi connectivity index (χ1) is 12.7. The Morgan fingerprint density at radius 2 is 2.00 bits per heavy atom. The van der Waals surface area contributed by atoms with Crippen LogP contribution < -0.4 is 0 Å². The van der Waals surface area contributed by atoms with E-state index in [0.29, 0.717) is 11.8 Å². The zero-order valence-electron chi connectivity index (χ0n) is 15.9. The zero-order valence-corrected chi connectivity index (χ0v) is 15.9. The fraction of sp³-hybridized carbons (Fsp3) is 0.455. The molecule has 0 radical (unpaired) electrons. The molecule has 0 spiro atoms. The summed E-state index contributed by atoms with van der Waals surface area (Å²) in [5, 5.41) is 6.32. The topological polar surface area (TPSA) is 34.0 Å². The third kappa shape index (κ3) is 2.25. The summed E-state index contributed by atoms with van der Waals surface area (Å²) >= 11 is 0. The van der Waals surface area contributed by atoms with Gasteiger partial charge in [0.15, 0.2) is 5.65 Å². The van der Waals surface area contributed by atoms with Gasteiger partial charge in [0.2, 0.25) is 0 Å². The van der Waals surface area contributed by atoms with Crippen LogP contribution in [0.3, 0.4) is 0 Å². The Kier molecular flexibility index (Phi) is 3.64. The number of hydrogen-bond donors (Lipinski definition) is 0. The first kappa shape index (κ1) is 16.0. The van der Waals surface area contributed by atoms with Crippen molar-refractivity contribution in [2.45, 2.75) is 44.6 Å². The normalized spacial score (nSPS) is 20.6. The van der Waals surface area contributed by atoms with Gasteiger partial charge in [0.1, 0.15) is 0 Å². The van der Waals surface area contributed by atoms with Crippen molar-refractivity contribution in [3.8, 4) is 0 Å². The van der Waals surface area contributed by atoms with Crippen molar-refractivity contribution in [3.63, 3.8) is 0 Å². The number of fused-ring (bicyclic) bond motifs is 2. The SMILES string of the molecule is CCn1nc2c3cc4c(nc31)CCc1ccccc1C4C2CCN(C)C. The van der Waals surface area contributed by atoms with Crippen LogP contribution in [0.25, 0.3) is 11.0 Å². The number of hydrogen-bond acceptors (Lipinski definition) is 3. The molecule has 0 aliphatic heterocycles. The van der Waals surface area contributed by atoms with Crippen molar-refractivity contribution in [3.05, 3.63) is 58.4 Å². The summed E-state index contributed by atoms with van der Waals surface area (Å²) < 4.78 is 2.11.